The monoisotopic (exact) mass is 414 g/mol. The quantitative estimate of drug-likeness (QED) is 0.485. The number of rotatable bonds is 9. The molecule has 0 aliphatic rings. The van der Waals surface area contributed by atoms with Gasteiger partial charge in [0.25, 0.3) is 0 Å². The summed E-state index contributed by atoms with van der Waals surface area (Å²) in [4.78, 5) is 8.72. The van der Waals surface area contributed by atoms with Crippen LogP contribution in [0.15, 0.2) is 34.6 Å². The molecule has 0 radical (unpaired) electrons. The molecule has 0 spiro atoms. The summed E-state index contributed by atoms with van der Waals surface area (Å²) in [6.07, 6.45) is -2.52. The minimum Gasteiger partial charge on any atom is -0.367 e. The van der Waals surface area contributed by atoms with Gasteiger partial charge < -0.3 is 15.4 Å². The normalized spacial score (nSPS) is 12.2. The van der Waals surface area contributed by atoms with Gasteiger partial charge in [0.15, 0.2) is 5.96 Å². The van der Waals surface area contributed by atoms with Crippen LogP contribution >= 0.6 is 11.3 Å². The van der Waals surface area contributed by atoms with Crippen LogP contribution in [0.5, 0.6) is 0 Å². The number of hydrogen-bond acceptors (Lipinski definition) is 4. The second-order valence-corrected chi connectivity index (χ2v) is 7.06. The number of hydrogen-bond donors (Lipinski definition) is 2. The maximum atomic E-state index is 12.1. The van der Waals surface area contributed by atoms with E-state index < -0.39 is 12.8 Å². The minimum atomic E-state index is -4.30. The smallest absolute Gasteiger partial charge is 0.367 e. The number of aryl methyl sites for hydroxylation is 1. The highest BCUT2D eigenvalue weighted by atomic mass is 32.1. The van der Waals surface area contributed by atoms with E-state index in [1.807, 2.05) is 12.1 Å². The van der Waals surface area contributed by atoms with Gasteiger partial charge in [0, 0.05) is 31.9 Å². The van der Waals surface area contributed by atoms with E-state index in [2.05, 4.69) is 37.7 Å². The third-order valence-electron chi connectivity index (χ3n) is 3.82. The molecule has 2 rings (SSSR count). The van der Waals surface area contributed by atoms with Gasteiger partial charge in [-0.1, -0.05) is 31.2 Å². The molecule has 9 heteroatoms. The Kier molecular flexibility index (Phi) is 8.72. The molecule has 28 heavy (non-hydrogen) atoms. The third-order valence-corrected chi connectivity index (χ3v) is 4.86. The maximum absolute atomic E-state index is 12.1. The standard InChI is InChI=1S/C19H25F3N4OS/c1-3-17-26-16(12-28-17)8-9-24-18(23-2)25-10-14-4-6-15(7-5-14)11-27-13-19(20,21)22/h4-7,12H,3,8-11,13H2,1-2H3,(H2,23,24,25). The molecule has 0 aliphatic heterocycles. The molecule has 0 unspecified atom stereocenters. The van der Waals surface area contributed by atoms with Gasteiger partial charge in [-0.05, 0) is 17.5 Å². The lowest BCUT2D eigenvalue weighted by Crippen LogP contribution is -2.37. The summed E-state index contributed by atoms with van der Waals surface area (Å²) in [6, 6.07) is 7.23. The molecule has 0 fully saturated rings. The van der Waals surface area contributed by atoms with Crippen molar-refractivity contribution in [2.45, 2.75) is 39.1 Å². The molecule has 2 aromatic rings. The fourth-order valence-corrected chi connectivity index (χ4v) is 3.16. The molecule has 0 amide bonds. The van der Waals surface area contributed by atoms with Crippen molar-refractivity contribution in [3.05, 3.63) is 51.5 Å². The summed E-state index contributed by atoms with van der Waals surface area (Å²) in [5.41, 5.74) is 2.77. The third kappa shape index (κ3) is 8.26. The van der Waals surface area contributed by atoms with E-state index in [4.69, 9.17) is 0 Å². The van der Waals surface area contributed by atoms with Crippen LogP contribution in [0.1, 0.15) is 28.8 Å². The molecule has 1 aromatic heterocycles. The molecule has 2 N–H and O–H groups in total. The Balaban J connectivity index is 1.70. The van der Waals surface area contributed by atoms with Crippen molar-refractivity contribution in [1.29, 1.82) is 0 Å². The lowest BCUT2D eigenvalue weighted by molar-refractivity contribution is -0.176. The number of nitrogens with zero attached hydrogens (tertiary/aromatic N) is 2. The number of aromatic nitrogens is 1. The second-order valence-electron chi connectivity index (χ2n) is 6.11. The number of alkyl halides is 3. The number of halogens is 3. The van der Waals surface area contributed by atoms with Crippen molar-refractivity contribution < 1.29 is 17.9 Å². The average molecular weight is 414 g/mol. The Morgan fingerprint density at radius 1 is 1.18 bits per heavy atom. The average Bonchev–Trinajstić information content (AvgIpc) is 3.12. The van der Waals surface area contributed by atoms with Gasteiger partial charge in [-0.25, -0.2) is 4.98 Å². The Labute approximate surface area is 167 Å². The SMILES string of the molecule is CCc1nc(CCNC(=NC)NCc2ccc(COCC(F)(F)F)cc2)cs1. The fraction of sp³-hybridized carbons (Fsp3) is 0.474. The van der Waals surface area contributed by atoms with Crippen LogP contribution in [0.3, 0.4) is 0 Å². The molecule has 0 aliphatic carbocycles. The highest BCUT2D eigenvalue weighted by molar-refractivity contribution is 7.09. The fourth-order valence-electron chi connectivity index (χ4n) is 2.38. The van der Waals surface area contributed by atoms with Crippen molar-refractivity contribution in [2.75, 3.05) is 20.2 Å². The molecular weight excluding hydrogens is 389 g/mol. The lowest BCUT2D eigenvalue weighted by atomic mass is 10.1. The number of benzene rings is 1. The Hall–Kier alpha value is -2.13. The van der Waals surface area contributed by atoms with Crippen LogP contribution in [0.2, 0.25) is 0 Å². The van der Waals surface area contributed by atoms with E-state index in [-0.39, 0.29) is 6.61 Å². The zero-order chi connectivity index (χ0) is 20.4. The first-order valence-corrected chi connectivity index (χ1v) is 9.87. The summed E-state index contributed by atoms with van der Waals surface area (Å²) >= 11 is 1.68. The van der Waals surface area contributed by atoms with E-state index in [0.717, 1.165) is 35.7 Å². The highest BCUT2D eigenvalue weighted by Crippen LogP contribution is 2.16. The molecular formula is C19H25F3N4OS. The number of thiazole rings is 1. The van der Waals surface area contributed by atoms with Crippen molar-refractivity contribution in [3.63, 3.8) is 0 Å². The number of nitrogens with one attached hydrogen (secondary N) is 2. The van der Waals surface area contributed by atoms with Crippen LogP contribution in [-0.4, -0.2) is 37.3 Å². The van der Waals surface area contributed by atoms with Crippen molar-refractivity contribution in [3.8, 4) is 0 Å². The zero-order valence-electron chi connectivity index (χ0n) is 16.0. The van der Waals surface area contributed by atoms with Gasteiger partial charge in [-0.3, -0.25) is 4.99 Å². The molecule has 0 bridgehead atoms. The Morgan fingerprint density at radius 3 is 2.50 bits per heavy atom. The van der Waals surface area contributed by atoms with Crippen LogP contribution in [0, 0.1) is 0 Å². The lowest BCUT2D eigenvalue weighted by Gasteiger charge is -2.12. The molecule has 154 valence electrons. The summed E-state index contributed by atoms with van der Waals surface area (Å²) in [5, 5.41) is 9.68. The van der Waals surface area contributed by atoms with Gasteiger partial charge >= 0.3 is 6.18 Å². The first-order chi connectivity index (χ1) is 13.4. The van der Waals surface area contributed by atoms with E-state index >= 15 is 0 Å². The van der Waals surface area contributed by atoms with Gasteiger partial charge in [0.2, 0.25) is 0 Å². The summed E-state index contributed by atoms with van der Waals surface area (Å²) in [7, 11) is 1.70. The topological polar surface area (TPSA) is 58.5 Å². The summed E-state index contributed by atoms with van der Waals surface area (Å²) < 4.78 is 40.9. The van der Waals surface area contributed by atoms with Crippen LogP contribution in [0.4, 0.5) is 13.2 Å². The van der Waals surface area contributed by atoms with Crippen molar-refractivity contribution in [2.24, 2.45) is 4.99 Å². The predicted molar refractivity (Wildman–Crippen MR) is 106 cm³/mol. The zero-order valence-corrected chi connectivity index (χ0v) is 16.8. The van der Waals surface area contributed by atoms with Crippen LogP contribution < -0.4 is 10.6 Å². The van der Waals surface area contributed by atoms with Gasteiger partial charge in [-0.15, -0.1) is 11.3 Å². The summed E-state index contributed by atoms with van der Waals surface area (Å²) in [6.45, 7) is 2.07. The molecule has 1 aromatic carbocycles. The van der Waals surface area contributed by atoms with Crippen molar-refractivity contribution in [1.82, 2.24) is 15.6 Å². The van der Waals surface area contributed by atoms with Gasteiger partial charge in [0.05, 0.1) is 17.3 Å². The van der Waals surface area contributed by atoms with E-state index in [0.29, 0.717) is 18.1 Å². The molecule has 5 nitrogen and oxygen atoms in total. The number of aliphatic imine (C=N–C) groups is 1. The van der Waals surface area contributed by atoms with E-state index in [1.54, 1.807) is 30.5 Å². The molecule has 1 heterocycles. The van der Waals surface area contributed by atoms with E-state index in [9.17, 15) is 13.2 Å². The van der Waals surface area contributed by atoms with E-state index in [1.165, 1.54) is 0 Å². The predicted octanol–water partition coefficient (Wildman–Crippen LogP) is 3.69. The number of ether oxygens (including phenoxy) is 1. The van der Waals surface area contributed by atoms with Gasteiger partial charge in [-0.2, -0.15) is 13.2 Å². The van der Waals surface area contributed by atoms with Crippen LogP contribution in [0.25, 0.3) is 0 Å². The first-order valence-electron chi connectivity index (χ1n) is 8.99. The van der Waals surface area contributed by atoms with Crippen molar-refractivity contribution >= 4 is 17.3 Å². The van der Waals surface area contributed by atoms with Crippen LogP contribution in [-0.2, 0) is 30.7 Å². The minimum absolute atomic E-state index is 0.0627. The number of guanidine groups is 1. The Morgan fingerprint density at radius 2 is 1.89 bits per heavy atom. The summed E-state index contributed by atoms with van der Waals surface area (Å²) in [5.74, 6) is 0.684. The molecule has 0 atom stereocenters. The molecule has 0 saturated carbocycles. The first kappa shape index (κ1) is 22.2. The largest absolute Gasteiger partial charge is 0.411 e. The maximum Gasteiger partial charge on any atom is 0.411 e. The Bertz CT molecular complexity index is 744. The second kappa shape index (κ2) is 11.0. The highest BCUT2D eigenvalue weighted by Gasteiger charge is 2.27. The molecule has 0 saturated heterocycles. The van der Waals surface area contributed by atoms with Gasteiger partial charge in [0.1, 0.15) is 6.61 Å².